The highest BCUT2D eigenvalue weighted by Gasteiger charge is 2.07. The van der Waals surface area contributed by atoms with E-state index in [0.717, 1.165) is 31.5 Å². The molecule has 2 heteroatoms. The number of nitrogens with two attached hydrogens (primary N) is 1. The number of unbranched alkanes of at least 4 members (excludes halogenated alkanes) is 1. The van der Waals surface area contributed by atoms with Crippen molar-refractivity contribution in [1.29, 1.82) is 0 Å². The van der Waals surface area contributed by atoms with Gasteiger partial charge < -0.3 is 5.73 Å². The zero-order valence-corrected chi connectivity index (χ0v) is 11.6. The van der Waals surface area contributed by atoms with Crippen molar-refractivity contribution >= 4 is 10.9 Å². The molecule has 96 valence electrons. The summed E-state index contributed by atoms with van der Waals surface area (Å²) in [4.78, 5) is 4.73. The molecule has 0 fully saturated rings. The van der Waals surface area contributed by atoms with Crippen LogP contribution in [0.2, 0.25) is 0 Å². The Labute approximate surface area is 109 Å². The zero-order valence-electron chi connectivity index (χ0n) is 11.6. The summed E-state index contributed by atoms with van der Waals surface area (Å²) in [6.07, 6.45) is 3.30. The molecular formula is C16H22N2. The van der Waals surface area contributed by atoms with Crippen LogP contribution in [0.5, 0.6) is 0 Å². The summed E-state index contributed by atoms with van der Waals surface area (Å²) >= 11 is 0. The first-order valence-electron chi connectivity index (χ1n) is 6.69. The van der Waals surface area contributed by atoms with Gasteiger partial charge in [0.05, 0.1) is 5.52 Å². The first-order valence-corrected chi connectivity index (χ1v) is 6.69. The molecule has 0 saturated heterocycles. The monoisotopic (exact) mass is 242 g/mol. The Bertz CT molecular complexity index is 559. The smallest absolute Gasteiger partial charge is 0.0739 e. The predicted octanol–water partition coefficient (Wildman–Crippen LogP) is 3.44. The number of fused-ring (bicyclic) bond motifs is 1. The Hall–Kier alpha value is -1.41. The Balaban J connectivity index is 2.50. The second kappa shape index (κ2) is 5.49. The van der Waals surface area contributed by atoms with Gasteiger partial charge in [-0.15, -0.1) is 0 Å². The molecule has 0 aliphatic heterocycles. The van der Waals surface area contributed by atoms with E-state index < -0.39 is 0 Å². The predicted molar refractivity (Wildman–Crippen MR) is 77.9 cm³/mol. The summed E-state index contributed by atoms with van der Waals surface area (Å²) in [5, 5.41) is 1.29. The van der Waals surface area contributed by atoms with Crippen LogP contribution < -0.4 is 5.73 Å². The maximum Gasteiger partial charge on any atom is 0.0739 e. The summed E-state index contributed by atoms with van der Waals surface area (Å²) in [5.41, 5.74) is 11.8. The molecular weight excluding hydrogens is 220 g/mol. The Kier molecular flexibility index (Phi) is 3.97. The summed E-state index contributed by atoms with van der Waals surface area (Å²) in [6.45, 7) is 7.16. The van der Waals surface area contributed by atoms with E-state index in [9.17, 15) is 0 Å². The van der Waals surface area contributed by atoms with E-state index in [1.165, 1.54) is 27.6 Å². The van der Waals surface area contributed by atoms with Gasteiger partial charge >= 0.3 is 0 Å². The highest BCUT2D eigenvalue weighted by atomic mass is 14.7. The van der Waals surface area contributed by atoms with Crippen LogP contribution in [0.3, 0.4) is 0 Å². The van der Waals surface area contributed by atoms with Gasteiger partial charge in [0, 0.05) is 11.1 Å². The number of hydrogen-bond acceptors (Lipinski definition) is 2. The van der Waals surface area contributed by atoms with E-state index in [0.29, 0.717) is 0 Å². The van der Waals surface area contributed by atoms with Crippen molar-refractivity contribution < 1.29 is 0 Å². The largest absolute Gasteiger partial charge is 0.330 e. The molecule has 2 aromatic rings. The number of hydrogen-bond donors (Lipinski definition) is 1. The summed E-state index contributed by atoms with van der Waals surface area (Å²) in [5.74, 6) is 0. The summed E-state index contributed by atoms with van der Waals surface area (Å²) in [7, 11) is 0. The second-order valence-corrected chi connectivity index (χ2v) is 5.15. The highest BCUT2D eigenvalue weighted by molar-refractivity contribution is 5.86. The van der Waals surface area contributed by atoms with Crippen molar-refractivity contribution in [3.63, 3.8) is 0 Å². The maximum atomic E-state index is 5.57. The molecule has 2 N–H and O–H groups in total. The van der Waals surface area contributed by atoms with Crippen molar-refractivity contribution in [2.24, 2.45) is 5.73 Å². The fourth-order valence-electron chi connectivity index (χ4n) is 2.54. The molecule has 2 rings (SSSR count). The van der Waals surface area contributed by atoms with Gasteiger partial charge in [-0.3, -0.25) is 4.98 Å². The van der Waals surface area contributed by atoms with Crippen LogP contribution in [0.25, 0.3) is 10.9 Å². The molecule has 0 amide bonds. The molecule has 0 atom stereocenters. The van der Waals surface area contributed by atoms with Crippen LogP contribution in [-0.4, -0.2) is 11.5 Å². The first kappa shape index (κ1) is 13.0. The second-order valence-electron chi connectivity index (χ2n) is 5.15. The van der Waals surface area contributed by atoms with E-state index in [2.05, 4.69) is 39.0 Å². The molecule has 2 nitrogen and oxygen atoms in total. The van der Waals surface area contributed by atoms with Crippen LogP contribution in [-0.2, 0) is 6.42 Å². The van der Waals surface area contributed by atoms with E-state index in [-0.39, 0.29) is 0 Å². The summed E-state index contributed by atoms with van der Waals surface area (Å²) < 4.78 is 0. The van der Waals surface area contributed by atoms with Gasteiger partial charge in [0.25, 0.3) is 0 Å². The number of pyridine rings is 1. The number of aromatic nitrogens is 1. The van der Waals surface area contributed by atoms with Crippen LogP contribution in [0.1, 0.15) is 35.2 Å². The van der Waals surface area contributed by atoms with E-state index >= 15 is 0 Å². The first-order chi connectivity index (χ1) is 8.61. The van der Waals surface area contributed by atoms with Crippen molar-refractivity contribution in [2.75, 3.05) is 6.54 Å². The fraction of sp³-hybridized carbons (Fsp3) is 0.438. The van der Waals surface area contributed by atoms with Crippen LogP contribution in [0, 0.1) is 20.8 Å². The zero-order chi connectivity index (χ0) is 13.1. The lowest BCUT2D eigenvalue weighted by Crippen LogP contribution is -2.00. The van der Waals surface area contributed by atoms with Gasteiger partial charge in [0.15, 0.2) is 0 Å². The third-order valence-corrected chi connectivity index (χ3v) is 3.37. The van der Waals surface area contributed by atoms with Gasteiger partial charge in [-0.2, -0.15) is 0 Å². The molecule has 1 aromatic carbocycles. The molecule has 0 aliphatic rings. The van der Waals surface area contributed by atoms with Crippen LogP contribution in [0.15, 0.2) is 18.2 Å². The van der Waals surface area contributed by atoms with Gasteiger partial charge in [0.1, 0.15) is 0 Å². The topological polar surface area (TPSA) is 38.9 Å². The molecule has 0 radical (unpaired) electrons. The molecule has 18 heavy (non-hydrogen) atoms. The Morgan fingerprint density at radius 1 is 1.06 bits per heavy atom. The molecule has 0 aliphatic carbocycles. The van der Waals surface area contributed by atoms with Crippen molar-refractivity contribution in [3.05, 3.63) is 40.6 Å². The Morgan fingerprint density at radius 2 is 1.83 bits per heavy atom. The Morgan fingerprint density at radius 3 is 2.56 bits per heavy atom. The van der Waals surface area contributed by atoms with Crippen molar-refractivity contribution in [1.82, 2.24) is 4.98 Å². The lowest BCUT2D eigenvalue weighted by Gasteiger charge is -2.10. The van der Waals surface area contributed by atoms with Gasteiger partial charge in [-0.05, 0) is 69.8 Å². The van der Waals surface area contributed by atoms with E-state index in [1.54, 1.807) is 0 Å². The number of benzene rings is 1. The molecule has 0 spiro atoms. The van der Waals surface area contributed by atoms with Crippen molar-refractivity contribution in [3.8, 4) is 0 Å². The van der Waals surface area contributed by atoms with Crippen LogP contribution >= 0.6 is 0 Å². The van der Waals surface area contributed by atoms with E-state index in [1.807, 2.05) is 0 Å². The molecule has 0 unspecified atom stereocenters. The standard InChI is InChI=1S/C16H22N2/c1-11-8-14(6-4-5-7-17)16-15(9-11)12(2)10-13(3)18-16/h8-10H,4-7,17H2,1-3H3. The minimum Gasteiger partial charge on any atom is -0.330 e. The van der Waals surface area contributed by atoms with Gasteiger partial charge in [0.2, 0.25) is 0 Å². The third kappa shape index (κ3) is 2.70. The van der Waals surface area contributed by atoms with Gasteiger partial charge in [-0.1, -0.05) is 11.6 Å². The third-order valence-electron chi connectivity index (χ3n) is 3.37. The van der Waals surface area contributed by atoms with Gasteiger partial charge in [-0.25, -0.2) is 0 Å². The minimum atomic E-state index is 0.773. The van der Waals surface area contributed by atoms with Crippen LogP contribution in [0.4, 0.5) is 0 Å². The molecule has 1 aromatic heterocycles. The maximum absolute atomic E-state index is 5.57. The molecule has 1 heterocycles. The normalized spacial score (nSPS) is 11.1. The SMILES string of the molecule is Cc1cc(CCCCN)c2nc(C)cc(C)c2c1. The number of aryl methyl sites for hydroxylation is 4. The van der Waals surface area contributed by atoms with Crippen molar-refractivity contribution in [2.45, 2.75) is 40.0 Å². The average Bonchev–Trinajstić information content (AvgIpc) is 2.31. The lowest BCUT2D eigenvalue weighted by atomic mass is 9.98. The number of rotatable bonds is 4. The molecule has 0 saturated carbocycles. The highest BCUT2D eigenvalue weighted by Crippen LogP contribution is 2.24. The quantitative estimate of drug-likeness (QED) is 0.834. The molecule has 0 bridgehead atoms. The minimum absolute atomic E-state index is 0.773. The number of nitrogens with zero attached hydrogens (tertiary/aromatic N) is 1. The van der Waals surface area contributed by atoms with E-state index in [4.69, 9.17) is 10.7 Å². The lowest BCUT2D eigenvalue weighted by molar-refractivity contribution is 0.746. The summed E-state index contributed by atoms with van der Waals surface area (Å²) in [6, 6.07) is 6.67. The average molecular weight is 242 g/mol. The fourth-order valence-corrected chi connectivity index (χ4v) is 2.54.